The Morgan fingerprint density at radius 1 is 1.53 bits per heavy atom. The van der Waals surface area contributed by atoms with E-state index in [0.29, 0.717) is 0 Å². The summed E-state index contributed by atoms with van der Waals surface area (Å²) < 4.78 is 0. The molecule has 1 N–H and O–H groups in total. The molecule has 1 aliphatic carbocycles. The van der Waals surface area contributed by atoms with Crippen molar-refractivity contribution < 1.29 is 9.90 Å². The molecular weight excluding hydrogens is 260 g/mol. The highest BCUT2D eigenvalue weighted by Crippen LogP contribution is 2.40. The van der Waals surface area contributed by atoms with Crippen LogP contribution in [0.15, 0.2) is 0 Å². The van der Waals surface area contributed by atoms with Crippen molar-refractivity contribution in [3.63, 3.8) is 0 Å². The summed E-state index contributed by atoms with van der Waals surface area (Å²) in [7, 11) is 0. The Hall–Kier alpha value is -1.10. The number of hydrogen-bond donors (Lipinski definition) is 1. The Labute approximate surface area is 117 Å². The molecular formula is C14H20N2O2S. The van der Waals surface area contributed by atoms with E-state index in [1.54, 1.807) is 11.3 Å². The summed E-state index contributed by atoms with van der Waals surface area (Å²) >= 11 is 1.71. The SMILES string of the molecule is CCCC1CCN(c2nc3c(s2)CCC3C(=O)O)C1. The van der Waals surface area contributed by atoms with Crippen LogP contribution < -0.4 is 4.90 Å². The lowest BCUT2D eigenvalue weighted by molar-refractivity contribution is -0.138. The number of fused-ring (bicyclic) bond motifs is 1. The molecule has 2 heterocycles. The van der Waals surface area contributed by atoms with Gasteiger partial charge >= 0.3 is 5.97 Å². The van der Waals surface area contributed by atoms with Gasteiger partial charge in [0, 0.05) is 18.0 Å². The maximum atomic E-state index is 11.2. The largest absolute Gasteiger partial charge is 0.481 e. The lowest BCUT2D eigenvalue weighted by Crippen LogP contribution is -2.19. The minimum atomic E-state index is -0.721. The first-order valence-corrected chi connectivity index (χ1v) is 7.98. The van der Waals surface area contributed by atoms with Gasteiger partial charge in [-0.2, -0.15) is 0 Å². The zero-order valence-electron chi connectivity index (χ0n) is 11.3. The number of anilines is 1. The second-order valence-corrected chi connectivity index (χ2v) is 6.69. The van der Waals surface area contributed by atoms with Gasteiger partial charge in [0.2, 0.25) is 0 Å². The second kappa shape index (κ2) is 5.12. The first kappa shape index (κ1) is 12.9. The molecule has 19 heavy (non-hydrogen) atoms. The predicted octanol–water partition coefficient (Wildman–Crippen LogP) is 2.88. The maximum absolute atomic E-state index is 11.2. The number of nitrogens with zero attached hydrogens (tertiary/aromatic N) is 2. The summed E-state index contributed by atoms with van der Waals surface area (Å²) in [4.78, 5) is 19.4. The third-order valence-electron chi connectivity index (χ3n) is 4.26. The van der Waals surface area contributed by atoms with Crippen molar-refractivity contribution in [2.45, 2.75) is 44.9 Å². The summed E-state index contributed by atoms with van der Waals surface area (Å²) in [5.74, 6) is -0.297. The molecule has 0 radical (unpaired) electrons. The smallest absolute Gasteiger partial charge is 0.312 e. The number of carboxylic acids is 1. The number of thiazole rings is 1. The minimum absolute atomic E-state index is 0.367. The third-order valence-corrected chi connectivity index (χ3v) is 5.45. The monoisotopic (exact) mass is 280 g/mol. The van der Waals surface area contributed by atoms with Crippen molar-refractivity contribution in [1.29, 1.82) is 0 Å². The molecule has 1 saturated heterocycles. The quantitative estimate of drug-likeness (QED) is 0.921. The number of aryl methyl sites for hydroxylation is 1. The summed E-state index contributed by atoms with van der Waals surface area (Å²) in [5.41, 5.74) is 0.839. The predicted molar refractivity (Wildman–Crippen MR) is 76.0 cm³/mol. The topological polar surface area (TPSA) is 53.4 Å². The van der Waals surface area contributed by atoms with E-state index < -0.39 is 5.97 Å². The van der Waals surface area contributed by atoms with Gasteiger partial charge in [0.05, 0.1) is 5.69 Å². The van der Waals surface area contributed by atoms with Crippen LogP contribution in [0.1, 0.15) is 49.1 Å². The molecule has 1 aromatic rings. The van der Waals surface area contributed by atoms with Gasteiger partial charge in [-0.05, 0) is 31.6 Å². The van der Waals surface area contributed by atoms with Gasteiger partial charge in [0.25, 0.3) is 0 Å². The van der Waals surface area contributed by atoms with E-state index in [1.165, 1.54) is 24.1 Å². The molecule has 2 aliphatic rings. The van der Waals surface area contributed by atoms with Gasteiger partial charge < -0.3 is 10.0 Å². The highest BCUT2D eigenvalue weighted by molar-refractivity contribution is 7.15. The summed E-state index contributed by atoms with van der Waals surface area (Å²) in [6.45, 7) is 4.41. The Morgan fingerprint density at radius 2 is 2.37 bits per heavy atom. The first-order valence-electron chi connectivity index (χ1n) is 7.16. The zero-order valence-corrected chi connectivity index (χ0v) is 12.1. The van der Waals surface area contributed by atoms with Crippen molar-refractivity contribution in [3.05, 3.63) is 10.6 Å². The Kier molecular flexibility index (Phi) is 3.48. The standard InChI is InChI=1S/C14H20N2O2S/c1-2-3-9-6-7-16(8-9)14-15-12-10(13(17)18)4-5-11(12)19-14/h9-10H,2-8H2,1H3,(H,17,18). The third kappa shape index (κ3) is 2.36. The van der Waals surface area contributed by atoms with Gasteiger partial charge in [0.15, 0.2) is 5.13 Å². The summed E-state index contributed by atoms with van der Waals surface area (Å²) in [6.07, 6.45) is 5.40. The van der Waals surface area contributed by atoms with Crippen LogP contribution in [0.25, 0.3) is 0 Å². The molecule has 104 valence electrons. The van der Waals surface area contributed by atoms with E-state index in [1.807, 2.05) is 0 Å². The Balaban J connectivity index is 1.74. The highest BCUT2D eigenvalue weighted by atomic mass is 32.1. The molecule has 1 fully saturated rings. The molecule has 0 saturated carbocycles. The number of hydrogen-bond acceptors (Lipinski definition) is 4. The van der Waals surface area contributed by atoms with Crippen molar-refractivity contribution in [2.75, 3.05) is 18.0 Å². The molecule has 2 unspecified atom stereocenters. The highest BCUT2D eigenvalue weighted by Gasteiger charge is 2.34. The molecule has 0 aromatic carbocycles. The summed E-state index contributed by atoms with van der Waals surface area (Å²) in [5, 5.41) is 10.2. The van der Waals surface area contributed by atoms with Crippen molar-refractivity contribution >= 4 is 22.4 Å². The molecule has 2 atom stereocenters. The number of carboxylic acid groups (broad SMARTS) is 1. The fourth-order valence-corrected chi connectivity index (χ4v) is 4.41. The minimum Gasteiger partial charge on any atom is -0.481 e. The first-order chi connectivity index (χ1) is 9.19. The van der Waals surface area contributed by atoms with Gasteiger partial charge in [-0.15, -0.1) is 11.3 Å². The van der Waals surface area contributed by atoms with E-state index in [9.17, 15) is 9.90 Å². The van der Waals surface area contributed by atoms with Gasteiger partial charge in [0.1, 0.15) is 5.92 Å². The van der Waals surface area contributed by atoms with Crippen molar-refractivity contribution in [3.8, 4) is 0 Å². The van der Waals surface area contributed by atoms with Crippen LogP contribution in [-0.4, -0.2) is 29.1 Å². The molecule has 1 aliphatic heterocycles. The van der Waals surface area contributed by atoms with E-state index in [4.69, 9.17) is 0 Å². The molecule has 0 amide bonds. The Bertz CT molecular complexity index is 486. The second-order valence-electron chi connectivity index (χ2n) is 5.62. The van der Waals surface area contributed by atoms with Gasteiger partial charge in [-0.3, -0.25) is 4.79 Å². The lowest BCUT2D eigenvalue weighted by Gasteiger charge is -2.15. The molecule has 0 spiro atoms. The van der Waals surface area contributed by atoms with E-state index in [2.05, 4.69) is 16.8 Å². The van der Waals surface area contributed by atoms with Crippen LogP contribution in [0.4, 0.5) is 5.13 Å². The Morgan fingerprint density at radius 3 is 3.11 bits per heavy atom. The average molecular weight is 280 g/mol. The fourth-order valence-electron chi connectivity index (χ4n) is 3.24. The van der Waals surface area contributed by atoms with Crippen LogP contribution >= 0.6 is 11.3 Å². The van der Waals surface area contributed by atoms with Crippen LogP contribution in [0, 0.1) is 5.92 Å². The van der Waals surface area contributed by atoms with Crippen LogP contribution in [0.5, 0.6) is 0 Å². The van der Waals surface area contributed by atoms with Crippen LogP contribution in [-0.2, 0) is 11.2 Å². The van der Waals surface area contributed by atoms with Crippen LogP contribution in [0.2, 0.25) is 0 Å². The molecule has 5 heteroatoms. The van der Waals surface area contributed by atoms with Gasteiger partial charge in [-0.1, -0.05) is 13.3 Å². The number of rotatable bonds is 4. The van der Waals surface area contributed by atoms with Crippen LogP contribution in [0.3, 0.4) is 0 Å². The normalized spacial score (nSPS) is 25.8. The molecule has 3 rings (SSSR count). The average Bonchev–Trinajstić information content (AvgIpc) is 3.00. The summed E-state index contributed by atoms with van der Waals surface area (Å²) in [6, 6.07) is 0. The van der Waals surface area contributed by atoms with E-state index in [0.717, 1.165) is 42.7 Å². The number of carbonyl (C=O) groups is 1. The molecule has 1 aromatic heterocycles. The van der Waals surface area contributed by atoms with E-state index in [-0.39, 0.29) is 5.92 Å². The molecule has 0 bridgehead atoms. The molecule has 4 nitrogen and oxygen atoms in total. The van der Waals surface area contributed by atoms with Crippen molar-refractivity contribution in [1.82, 2.24) is 4.98 Å². The van der Waals surface area contributed by atoms with Crippen molar-refractivity contribution in [2.24, 2.45) is 5.92 Å². The maximum Gasteiger partial charge on any atom is 0.312 e. The number of aromatic nitrogens is 1. The van der Waals surface area contributed by atoms with E-state index >= 15 is 0 Å². The van der Waals surface area contributed by atoms with Gasteiger partial charge in [-0.25, -0.2) is 4.98 Å². The number of aliphatic carboxylic acids is 1. The fraction of sp³-hybridized carbons (Fsp3) is 0.714. The zero-order chi connectivity index (χ0) is 13.4. The lowest BCUT2D eigenvalue weighted by atomic mass is 10.0.